The summed E-state index contributed by atoms with van der Waals surface area (Å²) in [5.74, 6) is 4.44. The maximum atomic E-state index is 12.5. The number of rotatable bonds is 5. The lowest BCUT2D eigenvalue weighted by molar-refractivity contribution is -0.124. The second kappa shape index (κ2) is 6.40. The van der Waals surface area contributed by atoms with Gasteiger partial charge in [0.1, 0.15) is 0 Å². The van der Waals surface area contributed by atoms with Gasteiger partial charge in [-0.1, -0.05) is 29.3 Å². The second-order valence-corrected chi connectivity index (χ2v) is 9.72. The first-order valence-corrected chi connectivity index (χ1v) is 10.6. The number of hydrogen-bond acceptors (Lipinski definition) is 2. The van der Waals surface area contributed by atoms with Gasteiger partial charge in [0.25, 0.3) is 0 Å². The molecule has 3 heteroatoms. The summed E-state index contributed by atoms with van der Waals surface area (Å²) in [6, 6.07) is 6.67. The van der Waals surface area contributed by atoms with Crippen LogP contribution in [0.3, 0.4) is 0 Å². The molecule has 4 bridgehead atoms. The molecule has 0 radical (unpaired) electrons. The molecule has 1 aromatic rings. The molecule has 24 heavy (non-hydrogen) atoms. The Labute approximate surface area is 150 Å². The van der Waals surface area contributed by atoms with Crippen LogP contribution in [0.2, 0.25) is 0 Å². The van der Waals surface area contributed by atoms with Crippen LogP contribution < -0.4 is 5.32 Å². The van der Waals surface area contributed by atoms with Crippen molar-refractivity contribution >= 4 is 17.7 Å². The Balaban J connectivity index is 1.29. The van der Waals surface area contributed by atoms with Gasteiger partial charge in [0, 0.05) is 11.3 Å². The Hall–Kier alpha value is -0.960. The maximum absolute atomic E-state index is 12.5. The fourth-order valence-corrected chi connectivity index (χ4v) is 6.77. The quantitative estimate of drug-likeness (QED) is 0.845. The highest BCUT2D eigenvalue weighted by Crippen LogP contribution is 2.55. The lowest BCUT2D eigenvalue weighted by atomic mass is 9.53. The molecule has 130 valence electrons. The van der Waals surface area contributed by atoms with Crippen LogP contribution in [-0.4, -0.2) is 17.2 Å². The minimum atomic E-state index is 0.159. The van der Waals surface area contributed by atoms with E-state index in [1.165, 1.54) is 55.2 Å². The molecule has 4 fully saturated rings. The fraction of sp³-hybridized carbons (Fsp3) is 0.667. The van der Waals surface area contributed by atoms with Crippen LogP contribution in [0.25, 0.3) is 0 Å². The van der Waals surface area contributed by atoms with Crippen molar-refractivity contribution in [3.63, 3.8) is 0 Å². The van der Waals surface area contributed by atoms with Crippen LogP contribution in [0.5, 0.6) is 0 Å². The number of benzene rings is 1. The SMILES string of the molecule is Cc1cc(C)cc(CSCC(=O)NC23CC4CC(CC(C4)C2)C3)c1. The Morgan fingerprint density at radius 3 is 2.12 bits per heavy atom. The summed E-state index contributed by atoms with van der Waals surface area (Å²) >= 11 is 1.75. The molecule has 0 unspecified atom stereocenters. The summed E-state index contributed by atoms with van der Waals surface area (Å²) in [6.07, 6.45) is 8.01. The van der Waals surface area contributed by atoms with Crippen molar-refractivity contribution in [1.82, 2.24) is 5.32 Å². The molecule has 0 aromatic heterocycles. The van der Waals surface area contributed by atoms with Crippen LogP contribution >= 0.6 is 11.8 Å². The molecule has 4 saturated carbocycles. The molecular weight excluding hydrogens is 314 g/mol. The summed E-state index contributed by atoms with van der Waals surface area (Å²) in [4.78, 5) is 12.5. The van der Waals surface area contributed by atoms with E-state index in [1.807, 2.05) is 0 Å². The van der Waals surface area contributed by atoms with Gasteiger partial charge in [0.15, 0.2) is 0 Å². The Morgan fingerprint density at radius 2 is 1.58 bits per heavy atom. The molecule has 0 saturated heterocycles. The van der Waals surface area contributed by atoms with Crippen molar-refractivity contribution in [1.29, 1.82) is 0 Å². The molecule has 0 heterocycles. The van der Waals surface area contributed by atoms with E-state index < -0.39 is 0 Å². The summed E-state index contributed by atoms with van der Waals surface area (Å²) < 4.78 is 0. The second-order valence-electron chi connectivity index (χ2n) is 8.73. The molecule has 1 aromatic carbocycles. The standard InChI is InChI=1S/C21H29NOS/c1-14-3-15(2)5-19(4-14)12-24-13-20(23)22-21-9-16-6-17(10-21)8-18(7-16)11-21/h3-5,16-18H,6-13H2,1-2H3,(H,22,23). The molecule has 0 spiro atoms. The first-order valence-electron chi connectivity index (χ1n) is 9.46. The lowest BCUT2D eigenvalue weighted by Gasteiger charge is -2.56. The lowest BCUT2D eigenvalue weighted by Crippen LogP contribution is -2.60. The topological polar surface area (TPSA) is 29.1 Å². The number of amides is 1. The predicted molar refractivity (Wildman–Crippen MR) is 101 cm³/mol. The van der Waals surface area contributed by atoms with Crippen LogP contribution in [-0.2, 0) is 10.5 Å². The molecule has 4 aliphatic rings. The average Bonchev–Trinajstić information content (AvgIpc) is 2.43. The van der Waals surface area contributed by atoms with Gasteiger partial charge in [-0.05, 0) is 75.7 Å². The Kier molecular flexibility index (Phi) is 4.40. The van der Waals surface area contributed by atoms with E-state index in [2.05, 4.69) is 37.4 Å². The van der Waals surface area contributed by atoms with Gasteiger partial charge in [-0.2, -0.15) is 0 Å². The van der Waals surface area contributed by atoms with Crippen LogP contribution in [0, 0.1) is 31.6 Å². The monoisotopic (exact) mass is 343 g/mol. The van der Waals surface area contributed by atoms with Gasteiger partial charge >= 0.3 is 0 Å². The van der Waals surface area contributed by atoms with Crippen molar-refractivity contribution in [3.05, 3.63) is 34.9 Å². The van der Waals surface area contributed by atoms with E-state index >= 15 is 0 Å². The van der Waals surface area contributed by atoms with Crippen LogP contribution in [0.15, 0.2) is 18.2 Å². The largest absolute Gasteiger partial charge is 0.350 e. The van der Waals surface area contributed by atoms with Gasteiger partial charge in [0.2, 0.25) is 5.91 Å². The number of carbonyl (C=O) groups is 1. The highest BCUT2D eigenvalue weighted by atomic mass is 32.2. The van der Waals surface area contributed by atoms with Crippen molar-refractivity contribution in [2.45, 2.75) is 63.7 Å². The summed E-state index contributed by atoms with van der Waals surface area (Å²) in [5.41, 5.74) is 4.11. The smallest absolute Gasteiger partial charge is 0.230 e. The van der Waals surface area contributed by atoms with Crippen molar-refractivity contribution in [2.24, 2.45) is 17.8 Å². The molecule has 0 aliphatic heterocycles. The van der Waals surface area contributed by atoms with E-state index in [9.17, 15) is 4.79 Å². The molecule has 2 nitrogen and oxygen atoms in total. The number of aryl methyl sites for hydroxylation is 2. The van der Waals surface area contributed by atoms with Gasteiger partial charge in [0.05, 0.1) is 5.75 Å². The van der Waals surface area contributed by atoms with E-state index in [0.717, 1.165) is 23.5 Å². The number of nitrogens with one attached hydrogen (secondary N) is 1. The number of thioether (sulfide) groups is 1. The molecular formula is C21H29NOS. The van der Waals surface area contributed by atoms with Crippen molar-refractivity contribution in [2.75, 3.05) is 5.75 Å². The third-order valence-corrected chi connectivity index (χ3v) is 7.23. The molecule has 0 atom stereocenters. The number of carbonyl (C=O) groups excluding carboxylic acids is 1. The fourth-order valence-electron chi connectivity index (χ4n) is 6.01. The average molecular weight is 344 g/mol. The summed E-state index contributed by atoms with van der Waals surface area (Å²) in [7, 11) is 0. The minimum Gasteiger partial charge on any atom is -0.350 e. The summed E-state index contributed by atoms with van der Waals surface area (Å²) in [5, 5.41) is 3.47. The summed E-state index contributed by atoms with van der Waals surface area (Å²) in [6.45, 7) is 4.28. The highest BCUT2D eigenvalue weighted by Gasteiger charge is 2.51. The van der Waals surface area contributed by atoms with Crippen LogP contribution in [0.4, 0.5) is 0 Å². The first-order chi connectivity index (χ1) is 11.5. The van der Waals surface area contributed by atoms with Gasteiger partial charge in [-0.3, -0.25) is 4.79 Å². The zero-order valence-electron chi connectivity index (χ0n) is 14.9. The minimum absolute atomic E-state index is 0.159. The Bertz CT molecular complexity index is 583. The normalized spacial score (nSPS) is 33.7. The van der Waals surface area contributed by atoms with Crippen molar-refractivity contribution in [3.8, 4) is 0 Å². The highest BCUT2D eigenvalue weighted by molar-refractivity contribution is 7.99. The maximum Gasteiger partial charge on any atom is 0.230 e. The third kappa shape index (κ3) is 3.51. The molecule has 1 amide bonds. The van der Waals surface area contributed by atoms with E-state index in [0.29, 0.717) is 5.75 Å². The van der Waals surface area contributed by atoms with Crippen LogP contribution in [0.1, 0.15) is 55.2 Å². The van der Waals surface area contributed by atoms with E-state index in [1.54, 1.807) is 11.8 Å². The molecule has 1 N–H and O–H groups in total. The van der Waals surface area contributed by atoms with Gasteiger partial charge in [-0.25, -0.2) is 0 Å². The van der Waals surface area contributed by atoms with Gasteiger partial charge < -0.3 is 5.32 Å². The van der Waals surface area contributed by atoms with E-state index in [-0.39, 0.29) is 11.4 Å². The third-order valence-electron chi connectivity index (χ3n) is 6.23. The zero-order valence-corrected chi connectivity index (χ0v) is 15.8. The molecule has 5 rings (SSSR count). The molecule has 4 aliphatic carbocycles. The predicted octanol–water partition coefficient (Wildman–Crippen LogP) is 4.62. The van der Waals surface area contributed by atoms with E-state index in [4.69, 9.17) is 0 Å². The van der Waals surface area contributed by atoms with Gasteiger partial charge in [-0.15, -0.1) is 11.8 Å². The first kappa shape index (κ1) is 16.5. The van der Waals surface area contributed by atoms with Crippen molar-refractivity contribution < 1.29 is 4.79 Å². The zero-order chi connectivity index (χ0) is 16.7. The Morgan fingerprint density at radius 1 is 1.04 bits per heavy atom. The number of hydrogen-bond donors (Lipinski definition) is 1.